The Balaban J connectivity index is 4.26. The van der Waals surface area contributed by atoms with E-state index in [1.807, 2.05) is 0 Å². The first-order chi connectivity index (χ1) is 3.48. The van der Waals surface area contributed by atoms with E-state index < -0.39 is 15.3 Å². The third-order valence-corrected chi connectivity index (χ3v) is 1.54. The van der Waals surface area contributed by atoms with E-state index in [1.165, 1.54) is 0 Å². The first-order valence-corrected chi connectivity index (χ1v) is 3.76. The maximum atomic E-state index is 10.1. The minimum atomic E-state index is -3.57. The highest BCUT2D eigenvalue weighted by Crippen LogP contribution is 1.87. The van der Waals surface area contributed by atoms with Gasteiger partial charge in [-0.05, 0) is 0 Å². The van der Waals surface area contributed by atoms with Gasteiger partial charge in [0.15, 0.2) is 16.1 Å². The van der Waals surface area contributed by atoms with Gasteiger partial charge in [-0.25, -0.2) is 8.42 Å². The monoisotopic (exact) mass is 138 g/mol. The van der Waals surface area contributed by atoms with Crippen LogP contribution in [0.4, 0.5) is 0 Å². The molecule has 0 aliphatic rings. The maximum absolute atomic E-state index is 10.1. The van der Waals surface area contributed by atoms with Crippen molar-refractivity contribution in [1.29, 1.82) is 0 Å². The summed E-state index contributed by atoms with van der Waals surface area (Å²) in [5.74, 6) is 0. The van der Waals surface area contributed by atoms with Crippen LogP contribution in [0, 0.1) is 0 Å². The van der Waals surface area contributed by atoms with Gasteiger partial charge in [0.1, 0.15) is 0 Å². The highest BCUT2D eigenvalue weighted by Gasteiger charge is 2.13. The molecule has 0 bridgehead atoms. The van der Waals surface area contributed by atoms with Crippen LogP contribution in [0.15, 0.2) is 0 Å². The lowest BCUT2D eigenvalue weighted by Crippen LogP contribution is -2.19. The molecule has 4 nitrogen and oxygen atoms in total. The predicted octanol–water partition coefficient (Wildman–Crippen LogP) is -1.45. The average molecular weight is 138 g/mol. The molecule has 0 aliphatic carbocycles. The molecule has 0 aromatic heterocycles. The van der Waals surface area contributed by atoms with Gasteiger partial charge in [-0.1, -0.05) is 0 Å². The second kappa shape index (κ2) is 2.23. The summed E-state index contributed by atoms with van der Waals surface area (Å²) in [6.45, 7) is 0. The van der Waals surface area contributed by atoms with Crippen molar-refractivity contribution in [2.45, 2.75) is 5.44 Å². The van der Waals surface area contributed by atoms with Crippen molar-refractivity contribution in [3.8, 4) is 0 Å². The SMILES string of the molecule is CS(=O)(=O)C(O)C=O. The molecular weight excluding hydrogens is 132 g/mol. The lowest BCUT2D eigenvalue weighted by Gasteiger charge is -1.94. The fraction of sp³-hybridized carbons (Fsp3) is 0.667. The van der Waals surface area contributed by atoms with Crippen LogP contribution in [0.3, 0.4) is 0 Å². The summed E-state index contributed by atoms with van der Waals surface area (Å²) >= 11 is 0. The average Bonchev–Trinajstić information content (AvgIpc) is 1.62. The number of hydrogen-bond donors (Lipinski definition) is 1. The largest absolute Gasteiger partial charge is 0.371 e. The van der Waals surface area contributed by atoms with E-state index >= 15 is 0 Å². The number of hydrogen-bond acceptors (Lipinski definition) is 4. The van der Waals surface area contributed by atoms with Crippen LogP contribution in [0.1, 0.15) is 0 Å². The summed E-state index contributed by atoms with van der Waals surface area (Å²) in [6.07, 6.45) is 0.751. The van der Waals surface area contributed by atoms with Crippen LogP contribution in [0.5, 0.6) is 0 Å². The molecule has 0 amide bonds. The molecule has 0 fully saturated rings. The Kier molecular flexibility index (Phi) is 2.12. The Hall–Kier alpha value is -0.420. The van der Waals surface area contributed by atoms with Gasteiger partial charge in [0, 0.05) is 6.26 Å². The standard InChI is InChI=1S/C3H6O4S/c1-8(6,7)3(5)2-4/h2-3,5H,1H3. The molecule has 0 saturated carbocycles. The van der Waals surface area contributed by atoms with Gasteiger partial charge in [-0.15, -0.1) is 0 Å². The Labute approximate surface area is 47.1 Å². The molecule has 1 unspecified atom stereocenters. The summed E-state index contributed by atoms with van der Waals surface area (Å²) < 4.78 is 20.2. The molecule has 48 valence electrons. The number of aliphatic hydroxyl groups excluding tert-OH is 1. The van der Waals surface area contributed by atoms with Gasteiger partial charge in [0.2, 0.25) is 5.44 Å². The first-order valence-electron chi connectivity index (χ1n) is 1.80. The molecule has 0 heterocycles. The summed E-state index contributed by atoms with van der Waals surface area (Å²) in [5.41, 5.74) is -1.86. The van der Waals surface area contributed by atoms with Crippen molar-refractivity contribution in [2.75, 3.05) is 6.26 Å². The van der Waals surface area contributed by atoms with E-state index in [4.69, 9.17) is 5.11 Å². The number of carbonyl (C=O) groups excluding carboxylic acids is 1. The predicted molar refractivity (Wildman–Crippen MR) is 26.9 cm³/mol. The van der Waals surface area contributed by atoms with Crippen LogP contribution >= 0.6 is 0 Å². The van der Waals surface area contributed by atoms with Crippen molar-refractivity contribution < 1.29 is 18.3 Å². The molecular formula is C3H6O4S. The Bertz CT molecular complexity index is 168. The van der Waals surface area contributed by atoms with E-state index in [2.05, 4.69) is 0 Å². The van der Waals surface area contributed by atoms with Gasteiger partial charge < -0.3 is 5.11 Å². The van der Waals surface area contributed by atoms with Crippen molar-refractivity contribution in [3.05, 3.63) is 0 Å². The number of aldehydes is 1. The highest BCUT2D eigenvalue weighted by molar-refractivity contribution is 7.91. The lowest BCUT2D eigenvalue weighted by atomic mass is 10.8. The van der Waals surface area contributed by atoms with Gasteiger partial charge >= 0.3 is 0 Å². The number of rotatable bonds is 2. The van der Waals surface area contributed by atoms with Crippen LogP contribution in [-0.4, -0.2) is 31.5 Å². The molecule has 0 rings (SSSR count). The van der Waals surface area contributed by atoms with E-state index in [-0.39, 0.29) is 6.29 Å². The van der Waals surface area contributed by atoms with E-state index in [0.717, 1.165) is 6.26 Å². The van der Waals surface area contributed by atoms with Crippen LogP contribution in [0.2, 0.25) is 0 Å². The second-order valence-corrected chi connectivity index (χ2v) is 3.50. The van der Waals surface area contributed by atoms with Gasteiger partial charge in [0.25, 0.3) is 0 Å². The molecule has 0 saturated heterocycles. The topological polar surface area (TPSA) is 71.4 Å². The fourth-order valence-electron chi connectivity index (χ4n) is 0.101. The van der Waals surface area contributed by atoms with Crippen LogP contribution < -0.4 is 0 Å². The smallest absolute Gasteiger partial charge is 0.210 e. The fourth-order valence-corrected chi connectivity index (χ4v) is 0.303. The van der Waals surface area contributed by atoms with Crippen molar-refractivity contribution >= 4 is 16.1 Å². The van der Waals surface area contributed by atoms with Crippen molar-refractivity contribution in [2.24, 2.45) is 0 Å². The molecule has 0 aliphatic heterocycles. The molecule has 0 radical (unpaired) electrons. The molecule has 5 heteroatoms. The zero-order chi connectivity index (χ0) is 6.78. The van der Waals surface area contributed by atoms with Crippen LogP contribution in [-0.2, 0) is 14.6 Å². The second-order valence-electron chi connectivity index (χ2n) is 1.36. The lowest BCUT2D eigenvalue weighted by molar-refractivity contribution is -0.111. The molecule has 0 spiro atoms. The van der Waals surface area contributed by atoms with E-state index in [0.29, 0.717) is 0 Å². The molecule has 0 aromatic rings. The molecule has 1 atom stereocenters. The van der Waals surface area contributed by atoms with Crippen molar-refractivity contribution in [3.63, 3.8) is 0 Å². The quantitative estimate of drug-likeness (QED) is 0.474. The molecule has 8 heavy (non-hydrogen) atoms. The van der Waals surface area contributed by atoms with E-state index in [1.54, 1.807) is 0 Å². The Morgan fingerprint density at radius 1 is 1.62 bits per heavy atom. The summed E-state index contributed by atoms with van der Waals surface area (Å²) in [4.78, 5) is 9.52. The normalized spacial score (nSPS) is 15.2. The molecule has 0 aromatic carbocycles. The highest BCUT2D eigenvalue weighted by atomic mass is 32.2. The molecule has 1 N–H and O–H groups in total. The number of aliphatic hydroxyl groups is 1. The Morgan fingerprint density at radius 2 is 2.00 bits per heavy atom. The van der Waals surface area contributed by atoms with Gasteiger partial charge in [0.05, 0.1) is 0 Å². The third-order valence-electron chi connectivity index (χ3n) is 0.555. The summed E-state index contributed by atoms with van der Waals surface area (Å²) in [5, 5.41) is 8.24. The van der Waals surface area contributed by atoms with Crippen LogP contribution in [0.25, 0.3) is 0 Å². The summed E-state index contributed by atoms with van der Waals surface area (Å²) in [7, 11) is -3.57. The van der Waals surface area contributed by atoms with E-state index in [9.17, 15) is 13.2 Å². The van der Waals surface area contributed by atoms with Gasteiger partial charge in [-0.3, -0.25) is 4.79 Å². The minimum absolute atomic E-state index is 0.0324. The van der Waals surface area contributed by atoms with Crippen molar-refractivity contribution in [1.82, 2.24) is 0 Å². The zero-order valence-corrected chi connectivity index (χ0v) is 5.05. The number of sulfone groups is 1. The van der Waals surface area contributed by atoms with Gasteiger partial charge in [-0.2, -0.15) is 0 Å². The Morgan fingerprint density at radius 3 is 2.00 bits per heavy atom. The maximum Gasteiger partial charge on any atom is 0.210 e. The minimum Gasteiger partial charge on any atom is -0.371 e. The zero-order valence-electron chi connectivity index (χ0n) is 4.23. The first kappa shape index (κ1) is 7.58. The number of carbonyl (C=O) groups is 1. The summed E-state index contributed by atoms with van der Waals surface area (Å²) in [6, 6.07) is 0. The third kappa shape index (κ3) is 2.04.